The monoisotopic (exact) mass is 497 g/mol. The topological polar surface area (TPSA) is 85.6 Å². The van der Waals surface area contributed by atoms with E-state index in [2.05, 4.69) is 10.3 Å². The maximum Gasteiger partial charge on any atom is 0.349 e. The molecule has 0 aliphatic carbocycles. The number of benzene rings is 1. The average molecular weight is 498 g/mol. The Balaban J connectivity index is 1.51. The summed E-state index contributed by atoms with van der Waals surface area (Å²) >= 11 is 1.14. The number of nitrogens with zero attached hydrogens (tertiary/aromatic N) is 2. The Morgan fingerprint density at radius 2 is 2.03 bits per heavy atom. The number of pyridine rings is 1. The SMILES string of the molecule is COc1ccc(F)c2c1cc(C)n2CCNc1ccnc(-c2cc(OCC(C)C)c(C(=O)O)s2)c1. The third-order valence-electron chi connectivity index (χ3n) is 5.54. The van der Waals surface area contributed by atoms with E-state index in [4.69, 9.17) is 9.47 Å². The molecule has 0 saturated heterocycles. The molecule has 0 bridgehead atoms. The molecule has 0 aliphatic rings. The lowest BCUT2D eigenvalue weighted by atomic mass is 10.2. The third kappa shape index (κ3) is 5.24. The maximum absolute atomic E-state index is 14.6. The molecule has 9 heteroatoms. The average Bonchev–Trinajstić information content (AvgIpc) is 3.40. The van der Waals surface area contributed by atoms with Crippen LogP contribution in [-0.2, 0) is 6.54 Å². The molecule has 4 rings (SSSR count). The van der Waals surface area contributed by atoms with E-state index in [1.165, 1.54) is 6.07 Å². The normalized spacial score (nSPS) is 11.3. The van der Waals surface area contributed by atoms with Crippen LogP contribution in [0.1, 0.15) is 29.2 Å². The largest absolute Gasteiger partial charge is 0.496 e. The Labute approximate surface area is 207 Å². The van der Waals surface area contributed by atoms with Crippen molar-refractivity contribution >= 4 is 33.9 Å². The summed E-state index contributed by atoms with van der Waals surface area (Å²) in [5.41, 5.74) is 2.94. The Hall–Kier alpha value is -3.59. The highest BCUT2D eigenvalue weighted by molar-refractivity contribution is 7.17. The number of aromatic nitrogens is 2. The number of halogens is 1. The van der Waals surface area contributed by atoms with Crippen LogP contribution in [0.4, 0.5) is 10.1 Å². The molecule has 184 valence electrons. The molecule has 0 unspecified atom stereocenters. The van der Waals surface area contributed by atoms with Crippen molar-refractivity contribution in [3.05, 3.63) is 59.0 Å². The van der Waals surface area contributed by atoms with Gasteiger partial charge in [-0.3, -0.25) is 4.98 Å². The second-order valence-electron chi connectivity index (χ2n) is 8.62. The smallest absolute Gasteiger partial charge is 0.349 e. The van der Waals surface area contributed by atoms with Crippen LogP contribution in [0.25, 0.3) is 21.5 Å². The number of hydrogen-bond donors (Lipinski definition) is 2. The highest BCUT2D eigenvalue weighted by Crippen LogP contribution is 2.36. The van der Waals surface area contributed by atoms with Crippen LogP contribution < -0.4 is 14.8 Å². The number of hydrogen-bond acceptors (Lipinski definition) is 6. The molecule has 0 fully saturated rings. The number of aromatic carboxylic acids is 1. The number of methoxy groups -OCH3 is 1. The summed E-state index contributed by atoms with van der Waals surface area (Å²) in [4.78, 5) is 17.0. The molecular formula is C26H28FN3O4S. The van der Waals surface area contributed by atoms with Gasteiger partial charge < -0.3 is 24.5 Å². The predicted octanol–water partition coefficient (Wildman–Crippen LogP) is 6.07. The quantitative estimate of drug-likeness (QED) is 0.277. The van der Waals surface area contributed by atoms with Crippen LogP contribution in [0.2, 0.25) is 0 Å². The van der Waals surface area contributed by atoms with Gasteiger partial charge in [0.2, 0.25) is 0 Å². The lowest BCUT2D eigenvalue weighted by Crippen LogP contribution is -2.12. The minimum atomic E-state index is -1.02. The maximum atomic E-state index is 14.6. The van der Waals surface area contributed by atoms with Crippen molar-refractivity contribution in [2.45, 2.75) is 27.3 Å². The number of carbonyl (C=O) groups is 1. The van der Waals surface area contributed by atoms with E-state index >= 15 is 0 Å². The fourth-order valence-electron chi connectivity index (χ4n) is 3.91. The Bertz CT molecular complexity index is 1360. The standard InChI is InChI=1S/C26H28FN3O4S/c1-15(2)14-34-22-13-23(35-25(22)26(31)32)20-12-17(7-8-29-20)28-9-10-30-16(3)11-18-21(33-4)6-5-19(27)24(18)30/h5-8,11-13,15H,9-10,14H2,1-4H3,(H,28,29)(H,31,32). The van der Waals surface area contributed by atoms with Crippen molar-refractivity contribution in [1.29, 1.82) is 0 Å². The Morgan fingerprint density at radius 1 is 1.23 bits per heavy atom. The summed E-state index contributed by atoms with van der Waals surface area (Å²) < 4.78 is 27.6. The van der Waals surface area contributed by atoms with Crippen LogP contribution in [0.5, 0.6) is 11.5 Å². The van der Waals surface area contributed by atoms with Gasteiger partial charge in [0.15, 0.2) is 4.88 Å². The molecule has 0 saturated carbocycles. The van der Waals surface area contributed by atoms with Crippen LogP contribution in [0.3, 0.4) is 0 Å². The zero-order valence-corrected chi connectivity index (χ0v) is 20.9. The molecule has 0 radical (unpaired) electrons. The minimum absolute atomic E-state index is 0.160. The number of anilines is 1. The summed E-state index contributed by atoms with van der Waals surface area (Å²) in [6, 6.07) is 10.4. The second kappa shape index (κ2) is 10.4. The first-order valence-electron chi connectivity index (χ1n) is 11.3. The van der Waals surface area contributed by atoms with Gasteiger partial charge in [0, 0.05) is 42.1 Å². The summed E-state index contributed by atoms with van der Waals surface area (Å²) in [7, 11) is 1.58. The number of rotatable bonds is 10. The molecule has 4 aromatic rings. The number of thiophene rings is 1. The molecule has 3 aromatic heterocycles. The van der Waals surface area contributed by atoms with E-state index < -0.39 is 5.97 Å². The van der Waals surface area contributed by atoms with E-state index in [1.54, 1.807) is 25.4 Å². The van der Waals surface area contributed by atoms with Crippen LogP contribution in [0, 0.1) is 18.7 Å². The van der Waals surface area contributed by atoms with Crippen molar-refractivity contribution < 1.29 is 23.8 Å². The van der Waals surface area contributed by atoms with Crippen LogP contribution in [-0.4, -0.2) is 40.9 Å². The summed E-state index contributed by atoms with van der Waals surface area (Å²) in [6.07, 6.45) is 1.67. The minimum Gasteiger partial charge on any atom is -0.496 e. The van der Waals surface area contributed by atoms with Crippen molar-refractivity contribution in [2.24, 2.45) is 5.92 Å². The number of nitrogens with one attached hydrogen (secondary N) is 1. The summed E-state index contributed by atoms with van der Waals surface area (Å²) in [5, 5.41) is 13.7. The zero-order chi connectivity index (χ0) is 25.1. The first-order chi connectivity index (χ1) is 16.8. The Kier molecular flexibility index (Phi) is 7.25. The van der Waals surface area contributed by atoms with Gasteiger partial charge in [-0.1, -0.05) is 13.8 Å². The molecule has 2 N–H and O–H groups in total. The molecule has 0 atom stereocenters. The van der Waals surface area contributed by atoms with Gasteiger partial charge in [0.25, 0.3) is 0 Å². The fourth-order valence-corrected chi connectivity index (χ4v) is 4.81. The molecular weight excluding hydrogens is 469 g/mol. The lowest BCUT2D eigenvalue weighted by molar-refractivity contribution is 0.0697. The van der Waals surface area contributed by atoms with E-state index in [0.29, 0.717) is 47.3 Å². The zero-order valence-electron chi connectivity index (χ0n) is 20.1. The molecule has 0 aliphatic heterocycles. The number of fused-ring (bicyclic) bond motifs is 1. The van der Waals surface area contributed by atoms with Crippen molar-refractivity contribution in [1.82, 2.24) is 9.55 Å². The van der Waals surface area contributed by atoms with Crippen molar-refractivity contribution in [2.75, 3.05) is 25.6 Å². The van der Waals surface area contributed by atoms with Gasteiger partial charge in [-0.2, -0.15) is 0 Å². The molecule has 0 amide bonds. The van der Waals surface area contributed by atoms with E-state index in [1.807, 2.05) is 43.5 Å². The first kappa shape index (κ1) is 24.5. The van der Waals surface area contributed by atoms with E-state index in [-0.39, 0.29) is 16.6 Å². The lowest BCUT2D eigenvalue weighted by Gasteiger charge is -2.12. The van der Waals surface area contributed by atoms with Crippen LogP contribution >= 0.6 is 11.3 Å². The first-order valence-corrected chi connectivity index (χ1v) is 12.1. The fraction of sp³-hybridized carbons (Fsp3) is 0.308. The highest BCUT2D eigenvalue weighted by Gasteiger charge is 2.19. The number of carboxylic acids is 1. The highest BCUT2D eigenvalue weighted by atomic mass is 32.1. The second-order valence-corrected chi connectivity index (χ2v) is 9.67. The molecule has 3 heterocycles. The van der Waals surface area contributed by atoms with Gasteiger partial charge in [0.1, 0.15) is 17.3 Å². The van der Waals surface area contributed by atoms with Gasteiger partial charge in [-0.05, 0) is 43.2 Å². The van der Waals surface area contributed by atoms with Crippen molar-refractivity contribution in [3.63, 3.8) is 0 Å². The van der Waals surface area contributed by atoms with Crippen molar-refractivity contribution in [3.8, 4) is 22.1 Å². The molecule has 7 nitrogen and oxygen atoms in total. The predicted molar refractivity (Wildman–Crippen MR) is 137 cm³/mol. The number of ether oxygens (including phenoxy) is 2. The van der Waals surface area contributed by atoms with Crippen LogP contribution in [0.15, 0.2) is 42.6 Å². The van der Waals surface area contributed by atoms with E-state index in [9.17, 15) is 14.3 Å². The van der Waals surface area contributed by atoms with E-state index in [0.717, 1.165) is 28.1 Å². The summed E-state index contributed by atoms with van der Waals surface area (Å²) in [5.74, 6) is -0.0292. The summed E-state index contributed by atoms with van der Waals surface area (Å²) in [6.45, 7) is 7.50. The molecule has 1 aromatic carbocycles. The number of aryl methyl sites for hydroxylation is 1. The van der Waals surface area contributed by atoms with Gasteiger partial charge in [0.05, 0.1) is 29.8 Å². The van der Waals surface area contributed by atoms with Gasteiger partial charge >= 0.3 is 5.97 Å². The number of carboxylic acid groups (broad SMARTS) is 1. The van der Waals surface area contributed by atoms with Gasteiger partial charge in [-0.25, -0.2) is 9.18 Å². The Morgan fingerprint density at radius 3 is 2.74 bits per heavy atom. The van der Waals surface area contributed by atoms with Gasteiger partial charge in [-0.15, -0.1) is 11.3 Å². The molecule has 35 heavy (non-hydrogen) atoms. The third-order valence-corrected chi connectivity index (χ3v) is 6.66. The molecule has 0 spiro atoms.